The standard InChI is InChI=1S/C20H20ClN5O4/c1-13(27)22-7-8-23-18-5-4-17(20(29)25-18)26-9-6-16(10-19(26)28)30-12-15-3-2-14(21)11-24-15/h2-6,9-11H,7-8,12H2,1H3,(H,22,27)(H2,23,25,29). The normalized spacial score (nSPS) is 10.5. The molecule has 0 spiro atoms. The van der Waals surface area contributed by atoms with Gasteiger partial charge in [-0.3, -0.25) is 23.9 Å². The summed E-state index contributed by atoms with van der Waals surface area (Å²) >= 11 is 5.80. The van der Waals surface area contributed by atoms with Crippen LogP contribution in [0.2, 0.25) is 5.02 Å². The number of ether oxygens (including phenoxy) is 1. The topological polar surface area (TPSA) is 118 Å². The van der Waals surface area contributed by atoms with Crippen LogP contribution in [0.1, 0.15) is 12.6 Å². The number of carbonyl (C=O) groups is 1. The number of hydrogen-bond acceptors (Lipinski definition) is 6. The van der Waals surface area contributed by atoms with E-state index in [2.05, 4.69) is 20.6 Å². The fourth-order valence-corrected chi connectivity index (χ4v) is 2.70. The average molecular weight is 430 g/mol. The lowest BCUT2D eigenvalue weighted by atomic mass is 10.3. The summed E-state index contributed by atoms with van der Waals surface area (Å²) in [4.78, 5) is 42.5. The Morgan fingerprint density at radius 3 is 2.70 bits per heavy atom. The van der Waals surface area contributed by atoms with Crippen molar-refractivity contribution >= 4 is 23.3 Å². The molecule has 0 bridgehead atoms. The lowest BCUT2D eigenvalue weighted by Gasteiger charge is -2.10. The Hall–Kier alpha value is -3.59. The smallest absolute Gasteiger partial charge is 0.273 e. The molecule has 3 heterocycles. The maximum Gasteiger partial charge on any atom is 0.273 e. The minimum Gasteiger partial charge on any atom is -0.487 e. The lowest BCUT2D eigenvalue weighted by molar-refractivity contribution is -0.118. The van der Waals surface area contributed by atoms with E-state index < -0.39 is 11.1 Å². The summed E-state index contributed by atoms with van der Waals surface area (Å²) in [7, 11) is 0. The molecule has 3 aromatic heterocycles. The van der Waals surface area contributed by atoms with Crippen LogP contribution in [0.5, 0.6) is 5.75 Å². The predicted octanol–water partition coefficient (Wildman–Crippen LogP) is 1.70. The van der Waals surface area contributed by atoms with Crippen LogP contribution in [0.25, 0.3) is 5.69 Å². The van der Waals surface area contributed by atoms with Crippen LogP contribution in [-0.2, 0) is 11.4 Å². The molecule has 9 nitrogen and oxygen atoms in total. The Bertz CT molecular complexity index is 1140. The number of pyridine rings is 3. The van der Waals surface area contributed by atoms with Gasteiger partial charge < -0.3 is 20.4 Å². The van der Waals surface area contributed by atoms with Gasteiger partial charge in [-0.25, -0.2) is 0 Å². The Kier molecular flexibility index (Phi) is 6.87. The van der Waals surface area contributed by atoms with Gasteiger partial charge in [0.2, 0.25) is 5.91 Å². The summed E-state index contributed by atoms with van der Waals surface area (Å²) in [5.41, 5.74) is 0.00837. The number of halogens is 1. The van der Waals surface area contributed by atoms with E-state index in [4.69, 9.17) is 16.3 Å². The summed E-state index contributed by atoms with van der Waals surface area (Å²) in [6.07, 6.45) is 2.99. The van der Waals surface area contributed by atoms with E-state index in [9.17, 15) is 14.4 Å². The first-order valence-electron chi connectivity index (χ1n) is 9.10. The third-order valence-electron chi connectivity index (χ3n) is 4.03. The third-order valence-corrected chi connectivity index (χ3v) is 4.25. The van der Waals surface area contributed by atoms with Crippen molar-refractivity contribution in [1.82, 2.24) is 19.9 Å². The number of nitrogens with one attached hydrogen (secondary N) is 3. The molecule has 0 fully saturated rings. The molecule has 0 saturated heterocycles. The molecule has 0 aliphatic carbocycles. The summed E-state index contributed by atoms with van der Waals surface area (Å²) in [5.74, 6) is 0.718. The molecule has 3 aromatic rings. The summed E-state index contributed by atoms with van der Waals surface area (Å²) in [5, 5.41) is 6.16. The molecule has 3 rings (SSSR count). The highest BCUT2D eigenvalue weighted by molar-refractivity contribution is 6.30. The van der Waals surface area contributed by atoms with E-state index in [1.807, 2.05) is 0 Å². The van der Waals surface area contributed by atoms with Gasteiger partial charge in [0.1, 0.15) is 23.9 Å². The van der Waals surface area contributed by atoms with Crippen molar-refractivity contribution in [2.45, 2.75) is 13.5 Å². The third kappa shape index (κ3) is 5.71. The SMILES string of the molecule is CC(=O)NCCNc1ccc(-n2ccc(OCc3ccc(Cl)cn3)cc2=O)c(=O)[nH]1. The molecule has 0 aliphatic rings. The van der Waals surface area contributed by atoms with Crippen molar-refractivity contribution in [1.29, 1.82) is 0 Å². The maximum absolute atomic E-state index is 12.4. The van der Waals surface area contributed by atoms with Crippen LogP contribution < -0.4 is 26.5 Å². The molecule has 10 heteroatoms. The van der Waals surface area contributed by atoms with Crippen LogP contribution in [0.3, 0.4) is 0 Å². The zero-order valence-electron chi connectivity index (χ0n) is 16.1. The largest absolute Gasteiger partial charge is 0.487 e. The highest BCUT2D eigenvalue weighted by Crippen LogP contribution is 2.12. The van der Waals surface area contributed by atoms with E-state index in [0.29, 0.717) is 35.4 Å². The average Bonchev–Trinajstić information content (AvgIpc) is 2.71. The van der Waals surface area contributed by atoms with E-state index in [0.717, 1.165) is 0 Å². The van der Waals surface area contributed by atoms with Crippen molar-refractivity contribution < 1.29 is 9.53 Å². The monoisotopic (exact) mass is 429 g/mol. The number of nitrogens with zero attached hydrogens (tertiary/aromatic N) is 2. The Labute approximate surface area is 176 Å². The van der Waals surface area contributed by atoms with Gasteiger partial charge in [-0.2, -0.15) is 0 Å². The number of aromatic amines is 1. The zero-order chi connectivity index (χ0) is 21.5. The Balaban J connectivity index is 1.67. The first-order chi connectivity index (χ1) is 14.4. The highest BCUT2D eigenvalue weighted by Gasteiger charge is 2.07. The van der Waals surface area contributed by atoms with Crippen molar-refractivity contribution in [3.8, 4) is 11.4 Å². The summed E-state index contributed by atoms with van der Waals surface area (Å²) < 4.78 is 6.81. The first-order valence-corrected chi connectivity index (χ1v) is 9.48. The molecule has 0 saturated carbocycles. The summed E-state index contributed by atoms with van der Waals surface area (Å²) in [6.45, 7) is 2.48. The molecule has 1 amide bonds. The molecular weight excluding hydrogens is 410 g/mol. The van der Waals surface area contributed by atoms with Gasteiger partial charge in [0.15, 0.2) is 0 Å². The summed E-state index contributed by atoms with van der Waals surface area (Å²) in [6, 6.07) is 9.52. The molecule has 3 N–H and O–H groups in total. The number of aromatic nitrogens is 3. The predicted molar refractivity (Wildman–Crippen MR) is 113 cm³/mol. The minimum atomic E-state index is -0.430. The fourth-order valence-electron chi connectivity index (χ4n) is 2.59. The maximum atomic E-state index is 12.4. The molecular formula is C20H20ClN5O4. The molecule has 30 heavy (non-hydrogen) atoms. The van der Waals surface area contributed by atoms with Gasteiger partial charge in [-0.1, -0.05) is 11.6 Å². The first kappa shape index (κ1) is 21.1. The second-order valence-corrected chi connectivity index (χ2v) is 6.76. The molecule has 156 valence electrons. The van der Waals surface area contributed by atoms with E-state index in [-0.39, 0.29) is 18.2 Å². The number of carbonyl (C=O) groups excluding carboxylic acids is 1. The van der Waals surface area contributed by atoms with Crippen LogP contribution in [-0.4, -0.2) is 33.5 Å². The lowest BCUT2D eigenvalue weighted by Crippen LogP contribution is -2.28. The van der Waals surface area contributed by atoms with Crippen molar-refractivity contribution in [3.05, 3.63) is 80.2 Å². The number of anilines is 1. The minimum absolute atomic E-state index is 0.128. The Morgan fingerprint density at radius 2 is 2.03 bits per heavy atom. The number of H-pyrrole nitrogens is 1. The van der Waals surface area contributed by atoms with Crippen LogP contribution in [0.15, 0.2) is 58.4 Å². The second-order valence-electron chi connectivity index (χ2n) is 6.32. The molecule has 0 aromatic carbocycles. The van der Waals surface area contributed by atoms with Crippen LogP contribution in [0.4, 0.5) is 5.82 Å². The molecule has 0 unspecified atom stereocenters. The van der Waals surface area contributed by atoms with Crippen LogP contribution >= 0.6 is 11.6 Å². The number of amides is 1. The van der Waals surface area contributed by atoms with Crippen molar-refractivity contribution in [3.63, 3.8) is 0 Å². The van der Waals surface area contributed by atoms with Crippen molar-refractivity contribution in [2.75, 3.05) is 18.4 Å². The van der Waals surface area contributed by atoms with Crippen molar-refractivity contribution in [2.24, 2.45) is 0 Å². The van der Waals surface area contributed by atoms with Gasteiger partial charge >= 0.3 is 0 Å². The highest BCUT2D eigenvalue weighted by atomic mass is 35.5. The fraction of sp³-hybridized carbons (Fsp3) is 0.200. The molecule has 0 atom stereocenters. The van der Waals surface area contributed by atoms with E-state index >= 15 is 0 Å². The van der Waals surface area contributed by atoms with Crippen LogP contribution in [0, 0.1) is 0 Å². The van der Waals surface area contributed by atoms with Gasteiger partial charge in [0.05, 0.1) is 10.7 Å². The zero-order valence-corrected chi connectivity index (χ0v) is 16.9. The van der Waals surface area contributed by atoms with Gasteiger partial charge in [-0.15, -0.1) is 0 Å². The second kappa shape index (κ2) is 9.75. The quantitative estimate of drug-likeness (QED) is 0.469. The Morgan fingerprint density at radius 1 is 1.20 bits per heavy atom. The molecule has 0 radical (unpaired) electrons. The number of rotatable bonds is 8. The van der Waals surface area contributed by atoms with Gasteiger partial charge in [-0.05, 0) is 30.3 Å². The van der Waals surface area contributed by atoms with Gasteiger partial charge in [0.25, 0.3) is 11.1 Å². The van der Waals surface area contributed by atoms with E-state index in [1.54, 1.807) is 30.3 Å². The number of hydrogen-bond donors (Lipinski definition) is 3. The van der Waals surface area contributed by atoms with Gasteiger partial charge in [0, 0.05) is 38.5 Å². The molecule has 0 aliphatic heterocycles. The van der Waals surface area contributed by atoms with E-state index in [1.165, 1.54) is 30.0 Å².